The van der Waals surface area contributed by atoms with Crippen molar-refractivity contribution in [1.29, 1.82) is 0 Å². The van der Waals surface area contributed by atoms with Crippen molar-refractivity contribution >= 4 is 23.6 Å². The number of hydrogen-bond acceptors (Lipinski definition) is 5. The summed E-state index contributed by atoms with van der Waals surface area (Å²) >= 11 is 1.22. The Hall–Kier alpha value is -2.49. The van der Waals surface area contributed by atoms with E-state index in [4.69, 9.17) is 0 Å². The van der Waals surface area contributed by atoms with E-state index in [1.807, 2.05) is 0 Å². The van der Waals surface area contributed by atoms with Crippen LogP contribution in [0.5, 0.6) is 0 Å². The summed E-state index contributed by atoms with van der Waals surface area (Å²) in [6.07, 6.45) is -4.48. The molecule has 0 atom stereocenters. The average molecular weight is 429 g/mol. The molecule has 0 aliphatic heterocycles. The molecule has 2 rings (SSSR count). The van der Waals surface area contributed by atoms with Gasteiger partial charge in [-0.05, 0) is 37.6 Å². The number of nitrogens with one attached hydrogen (secondary N) is 1. The molecule has 0 spiro atoms. The van der Waals surface area contributed by atoms with Crippen molar-refractivity contribution in [3.63, 3.8) is 0 Å². The predicted molar refractivity (Wildman–Crippen MR) is 104 cm³/mol. The topological polar surface area (TPSA) is 73.2 Å². The number of benzene rings is 1. The van der Waals surface area contributed by atoms with Gasteiger partial charge in [0.05, 0.1) is 29.8 Å². The number of carbonyl (C=O) groups is 2. The molecule has 0 aliphatic carbocycles. The third kappa shape index (κ3) is 6.52. The van der Waals surface area contributed by atoms with Crippen LogP contribution in [-0.4, -0.2) is 40.3 Å². The normalized spacial score (nSPS) is 11.4. The van der Waals surface area contributed by atoms with Gasteiger partial charge < -0.3 is 10.1 Å². The fourth-order valence-corrected chi connectivity index (χ4v) is 3.42. The molecule has 1 aromatic carbocycles. The summed E-state index contributed by atoms with van der Waals surface area (Å²) in [6, 6.07) is 5.70. The number of aryl methyl sites for hydroxylation is 2. The van der Waals surface area contributed by atoms with E-state index in [2.05, 4.69) is 15.2 Å². The minimum Gasteiger partial charge on any atom is -0.468 e. The van der Waals surface area contributed by atoms with Crippen molar-refractivity contribution < 1.29 is 27.5 Å². The Morgan fingerprint density at radius 3 is 2.55 bits per heavy atom. The van der Waals surface area contributed by atoms with Crippen molar-refractivity contribution in [2.45, 2.75) is 33.0 Å². The van der Waals surface area contributed by atoms with Crippen molar-refractivity contribution in [3.05, 3.63) is 46.8 Å². The van der Waals surface area contributed by atoms with E-state index in [1.165, 1.54) is 29.6 Å². The number of methoxy groups -OCH3 is 1. The van der Waals surface area contributed by atoms with Gasteiger partial charge in [0, 0.05) is 24.4 Å². The zero-order valence-electron chi connectivity index (χ0n) is 16.3. The van der Waals surface area contributed by atoms with Crippen LogP contribution in [-0.2, 0) is 27.0 Å². The largest absolute Gasteiger partial charge is 0.468 e. The van der Waals surface area contributed by atoms with Crippen LogP contribution in [0.1, 0.15) is 28.9 Å². The van der Waals surface area contributed by atoms with Crippen LogP contribution in [0, 0.1) is 13.8 Å². The Morgan fingerprint density at radius 1 is 1.24 bits per heavy atom. The van der Waals surface area contributed by atoms with Gasteiger partial charge in [0.25, 0.3) is 0 Å². The van der Waals surface area contributed by atoms with E-state index in [0.717, 1.165) is 11.8 Å². The molecular formula is C19H22F3N3O3S. The van der Waals surface area contributed by atoms with E-state index < -0.39 is 23.6 Å². The standard InChI is InChI=1S/C19H22F3N3O3S/c1-12-8-13(2)25(24-12)15-5-4-14(16(9-15)19(20,21)22)10-23-17(26)6-7-29-11-18(27)28-3/h4-5,8-9H,6-7,10-11H2,1-3H3,(H,23,26). The molecule has 0 saturated carbocycles. The number of alkyl halides is 3. The minimum absolute atomic E-state index is 0.0293. The molecule has 0 unspecified atom stereocenters. The lowest BCUT2D eigenvalue weighted by Crippen LogP contribution is -2.25. The summed E-state index contributed by atoms with van der Waals surface area (Å²) in [6.45, 7) is 3.29. The number of nitrogens with zero attached hydrogens (tertiary/aromatic N) is 2. The van der Waals surface area contributed by atoms with Gasteiger partial charge in [0.1, 0.15) is 0 Å². The van der Waals surface area contributed by atoms with Gasteiger partial charge in [-0.1, -0.05) is 6.07 Å². The van der Waals surface area contributed by atoms with Gasteiger partial charge >= 0.3 is 12.1 Å². The molecule has 10 heteroatoms. The van der Waals surface area contributed by atoms with E-state index in [0.29, 0.717) is 17.1 Å². The van der Waals surface area contributed by atoms with Gasteiger partial charge in [-0.2, -0.15) is 18.3 Å². The van der Waals surface area contributed by atoms with Gasteiger partial charge in [0.2, 0.25) is 5.91 Å². The summed E-state index contributed by atoms with van der Waals surface area (Å²) in [7, 11) is 1.27. The number of ether oxygens (including phenoxy) is 1. The Kier molecular flexibility index (Phi) is 7.72. The first-order chi connectivity index (χ1) is 13.6. The Labute approximate surface area is 170 Å². The molecule has 2 aromatic rings. The van der Waals surface area contributed by atoms with Crippen LogP contribution < -0.4 is 5.32 Å². The first kappa shape index (κ1) is 22.8. The van der Waals surface area contributed by atoms with E-state index >= 15 is 0 Å². The SMILES string of the molecule is COC(=O)CSCCC(=O)NCc1ccc(-n2nc(C)cc2C)cc1C(F)(F)F. The lowest BCUT2D eigenvalue weighted by atomic mass is 10.1. The second kappa shape index (κ2) is 9.82. The molecular weight excluding hydrogens is 407 g/mol. The number of hydrogen-bond donors (Lipinski definition) is 1. The average Bonchev–Trinajstić information content (AvgIpc) is 3.00. The third-order valence-corrected chi connectivity index (χ3v) is 4.98. The minimum atomic E-state index is -4.57. The maximum absolute atomic E-state index is 13.5. The number of amides is 1. The maximum atomic E-state index is 13.5. The molecule has 0 fully saturated rings. The monoisotopic (exact) mass is 429 g/mol. The molecule has 158 valence electrons. The molecule has 1 aromatic heterocycles. The summed E-state index contributed by atoms with van der Waals surface area (Å²) in [5, 5.41) is 6.71. The smallest absolute Gasteiger partial charge is 0.416 e. The number of carbonyl (C=O) groups excluding carboxylic acids is 2. The molecule has 29 heavy (non-hydrogen) atoms. The molecule has 1 N–H and O–H groups in total. The molecule has 0 aliphatic rings. The van der Waals surface area contributed by atoms with Crippen LogP contribution in [0.4, 0.5) is 13.2 Å². The second-order valence-electron chi connectivity index (χ2n) is 6.33. The second-order valence-corrected chi connectivity index (χ2v) is 7.44. The van der Waals surface area contributed by atoms with Crippen molar-refractivity contribution in [3.8, 4) is 5.69 Å². The number of thioether (sulfide) groups is 1. The highest BCUT2D eigenvalue weighted by atomic mass is 32.2. The van der Waals surface area contributed by atoms with E-state index in [9.17, 15) is 22.8 Å². The zero-order chi connectivity index (χ0) is 21.6. The van der Waals surface area contributed by atoms with Crippen molar-refractivity contribution in [2.24, 2.45) is 0 Å². The quantitative estimate of drug-likeness (QED) is 0.514. The summed E-state index contributed by atoms with van der Waals surface area (Å²) in [5.74, 6) is -0.300. The van der Waals surface area contributed by atoms with Crippen LogP contribution in [0.3, 0.4) is 0 Å². The molecule has 0 bridgehead atoms. The number of rotatable bonds is 8. The highest BCUT2D eigenvalue weighted by Gasteiger charge is 2.34. The maximum Gasteiger partial charge on any atom is 0.416 e. The van der Waals surface area contributed by atoms with Gasteiger partial charge in [-0.15, -0.1) is 11.8 Å². The van der Waals surface area contributed by atoms with Crippen molar-refractivity contribution in [1.82, 2.24) is 15.1 Å². The van der Waals surface area contributed by atoms with E-state index in [1.54, 1.807) is 26.0 Å². The summed E-state index contributed by atoms with van der Waals surface area (Å²) < 4.78 is 46.6. The van der Waals surface area contributed by atoms with Gasteiger partial charge in [-0.3, -0.25) is 9.59 Å². The fraction of sp³-hybridized carbons (Fsp3) is 0.421. The number of aromatic nitrogens is 2. The van der Waals surface area contributed by atoms with Crippen LogP contribution in [0.25, 0.3) is 5.69 Å². The van der Waals surface area contributed by atoms with Crippen molar-refractivity contribution in [2.75, 3.05) is 18.6 Å². The first-order valence-electron chi connectivity index (χ1n) is 8.77. The Bertz CT molecular complexity index is 881. The third-order valence-electron chi connectivity index (χ3n) is 4.05. The summed E-state index contributed by atoms with van der Waals surface area (Å²) in [4.78, 5) is 22.9. The highest BCUT2D eigenvalue weighted by molar-refractivity contribution is 7.99. The Balaban J connectivity index is 2.05. The van der Waals surface area contributed by atoms with Crippen LogP contribution in [0.15, 0.2) is 24.3 Å². The predicted octanol–water partition coefficient (Wildman–Crippen LogP) is 3.42. The fourth-order valence-electron chi connectivity index (χ4n) is 2.67. The Morgan fingerprint density at radius 2 is 1.97 bits per heavy atom. The lowest BCUT2D eigenvalue weighted by Gasteiger charge is -2.16. The number of halogens is 3. The van der Waals surface area contributed by atoms with Gasteiger partial charge in [0.15, 0.2) is 0 Å². The first-order valence-corrected chi connectivity index (χ1v) is 9.92. The van der Waals surface area contributed by atoms with E-state index in [-0.39, 0.29) is 24.3 Å². The van der Waals surface area contributed by atoms with Crippen LogP contribution in [0.2, 0.25) is 0 Å². The summed E-state index contributed by atoms with van der Waals surface area (Å²) in [5.41, 5.74) is 0.886. The highest BCUT2D eigenvalue weighted by Crippen LogP contribution is 2.33. The zero-order valence-corrected chi connectivity index (χ0v) is 17.1. The van der Waals surface area contributed by atoms with Crippen LogP contribution >= 0.6 is 11.8 Å². The lowest BCUT2D eigenvalue weighted by molar-refractivity contribution is -0.138. The van der Waals surface area contributed by atoms with Gasteiger partial charge in [-0.25, -0.2) is 4.68 Å². The molecule has 0 radical (unpaired) electrons. The molecule has 6 nitrogen and oxygen atoms in total. The molecule has 1 heterocycles. The number of esters is 1. The molecule has 0 saturated heterocycles. The molecule has 1 amide bonds.